The van der Waals surface area contributed by atoms with Gasteiger partial charge in [-0.3, -0.25) is 14.5 Å². The van der Waals surface area contributed by atoms with Crippen LogP contribution >= 0.6 is 0 Å². The first kappa shape index (κ1) is 19.2. The molecule has 6 nitrogen and oxygen atoms in total. The number of amides is 2. The van der Waals surface area contributed by atoms with Crippen molar-refractivity contribution in [1.82, 2.24) is 14.7 Å². The molecule has 6 heteroatoms. The molecule has 0 bridgehead atoms. The number of ether oxygens (including phenoxy) is 1. The molecule has 0 radical (unpaired) electrons. The number of carbonyl (C=O) groups is 2. The second kappa shape index (κ2) is 8.95. The first-order valence-electron chi connectivity index (χ1n) is 10.7. The molecule has 1 aliphatic carbocycles. The minimum atomic E-state index is 0.0800. The third kappa shape index (κ3) is 5.04. The van der Waals surface area contributed by atoms with E-state index in [1.54, 1.807) is 0 Å². The fourth-order valence-electron chi connectivity index (χ4n) is 4.09. The van der Waals surface area contributed by atoms with Gasteiger partial charge in [-0.15, -0.1) is 0 Å². The van der Waals surface area contributed by atoms with Gasteiger partial charge in [-0.05, 0) is 49.8 Å². The lowest BCUT2D eigenvalue weighted by Crippen LogP contribution is -2.35. The van der Waals surface area contributed by atoms with Crippen LogP contribution in [0.4, 0.5) is 0 Å². The smallest absolute Gasteiger partial charge is 0.260 e. The topological polar surface area (TPSA) is 53.1 Å². The monoisotopic (exact) mass is 385 g/mol. The fraction of sp³-hybridized carbons (Fsp3) is 0.636. The molecule has 0 N–H and O–H groups in total. The van der Waals surface area contributed by atoms with Crippen molar-refractivity contribution in [1.29, 1.82) is 0 Å². The maximum atomic E-state index is 12.3. The first-order valence-corrected chi connectivity index (χ1v) is 10.7. The molecule has 1 saturated carbocycles. The quantitative estimate of drug-likeness (QED) is 0.753. The van der Waals surface area contributed by atoms with Crippen molar-refractivity contribution in [2.24, 2.45) is 5.92 Å². The minimum Gasteiger partial charge on any atom is -0.484 e. The lowest BCUT2D eigenvalue weighted by atomic mass is 10.2. The van der Waals surface area contributed by atoms with Crippen molar-refractivity contribution in [2.75, 3.05) is 45.9 Å². The predicted molar refractivity (Wildman–Crippen MR) is 107 cm³/mol. The van der Waals surface area contributed by atoms with Crippen LogP contribution in [-0.2, 0) is 16.1 Å². The van der Waals surface area contributed by atoms with Crippen LogP contribution in [0.15, 0.2) is 24.3 Å². The molecule has 2 aliphatic heterocycles. The Balaban J connectivity index is 1.22. The van der Waals surface area contributed by atoms with Crippen LogP contribution in [0.1, 0.15) is 37.7 Å². The molecular formula is C22H31N3O3. The maximum absolute atomic E-state index is 12.3. The van der Waals surface area contributed by atoms with Gasteiger partial charge < -0.3 is 14.5 Å². The van der Waals surface area contributed by atoms with E-state index in [-0.39, 0.29) is 12.5 Å². The number of nitrogens with zero attached hydrogens (tertiary/aromatic N) is 3. The molecule has 0 spiro atoms. The predicted octanol–water partition coefficient (Wildman–Crippen LogP) is 2.13. The molecule has 2 saturated heterocycles. The highest BCUT2D eigenvalue weighted by molar-refractivity contribution is 5.81. The van der Waals surface area contributed by atoms with Crippen LogP contribution in [-0.4, -0.2) is 72.4 Å². The van der Waals surface area contributed by atoms with Crippen molar-refractivity contribution in [2.45, 2.75) is 38.6 Å². The zero-order valence-electron chi connectivity index (χ0n) is 16.6. The van der Waals surface area contributed by atoms with Crippen LogP contribution in [0, 0.1) is 5.92 Å². The van der Waals surface area contributed by atoms with Crippen LogP contribution in [0.5, 0.6) is 5.75 Å². The Bertz CT molecular complexity index is 681. The number of likely N-dealkylation sites (tertiary alicyclic amines) is 1. The van der Waals surface area contributed by atoms with Gasteiger partial charge in [0.2, 0.25) is 5.91 Å². The average molecular weight is 386 g/mol. The Morgan fingerprint density at radius 2 is 1.57 bits per heavy atom. The third-order valence-corrected chi connectivity index (χ3v) is 5.98. The molecule has 2 amide bonds. The SMILES string of the molecule is O=C(COc1ccc(CN2CCCN(C(=O)C3CC3)CC2)cc1)N1CCCC1. The number of carbonyl (C=O) groups excluding carboxylic acids is 2. The van der Waals surface area contributed by atoms with E-state index in [0.717, 1.165) is 83.7 Å². The number of hydrogen-bond acceptors (Lipinski definition) is 4. The van der Waals surface area contributed by atoms with Gasteiger partial charge in [0.15, 0.2) is 6.61 Å². The van der Waals surface area contributed by atoms with Crippen LogP contribution in [0.3, 0.4) is 0 Å². The average Bonchev–Trinajstić information content (AvgIpc) is 3.47. The molecule has 28 heavy (non-hydrogen) atoms. The number of benzene rings is 1. The summed E-state index contributed by atoms with van der Waals surface area (Å²) in [6.07, 6.45) is 5.40. The van der Waals surface area contributed by atoms with Crippen LogP contribution in [0.2, 0.25) is 0 Å². The summed E-state index contributed by atoms with van der Waals surface area (Å²) in [5.74, 6) is 1.51. The van der Waals surface area contributed by atoms with Gasteiger partial charge in [0, 0.05) is 51.7 Å². The Morgan fingerprint density at radius 1 is 0.857 bits per heavy atom. The molecule has 0 atom stereocenters. The van der Waals surface area contributed by atoms with Gasteiger partial charge in [0.05, 0.1) is 0 Å². The second-order valence-corrected chi connectivity index (χ2v) is 8.25. The first-order chi connectivity index (χ1) is 13.7. The number of rotatable bonds is 6. The van der Waals surface area contributed by atoms with Crippen molar-refractivity contribution in [3.8, 4) is 5.75 Å². The summed E-state index contributed by atoms with van der Waals surface area (Å²) in [6.45, 7) is 6.42. The van der Waals surface area contributed by atoms with E-state index in [2.05, 4.69) is 21.9 Å². The summed E-state index contributed by atoms with van der Waals surface area (Å²) in [7, 11) is 0. The molecule has 3 fully saturated rings. The summed E-state index contributed by atoms with van der Waals surface area (Å²) in [5.41, 5.74) is 1.24. The van der Waals surface area contributed by atoms with Crippen LogP contribution in [0.25, 0.3) is 0 Å². The van der Waals surface area contributed by atoms with Crippen molar-refractivity contribution in [3.63, 3.8) is 0 Å². The Morgan fingerprint density at radius 3 is 2.29 bits per heavy atom. The highest BCUT2D eigenvalue weighted by atomic mass is 16.5. The van der Waals surface area contributed by atoms with E-state index < -0.39 is 0 Å². The lowest BCUT2D eigenvalue weighted by Gasteiger charge is -2.22. The summed E-state index contributed by atoms with van der Waals surface area (Å²) in [5, 5.41) is 0. The highest BCUT2D eigenvalue weighted by Crippen LogP contribution is 2.31. The zero-order chi connectivity index (χ0) is 19.3. The molecule has 3 aliphatic rings. The Hall–Kier alpha value is -2.08. The van der Waals surface area contributed by atoms with E-state index in [4.69, 9.17) is 4.74 Å². The summed E-state index contributed by atoms with van der Waals surface area (Å²) in [4.78, 5) is 30.7. The molecule has 4 rings (SSSR count). The van der Waals surface area contributed by atoms with E-state index in [0.29, 0.717) is 11.8 Å². The molecule has 1 aromatic carbocycles. The van der Waals surface area contributed by atoms with Crippen molar-refractivity contribution >= 4 is 11.8 Å². The normalized spacial score (nSPS) is 20.9. The second-order valence-electron chi connectivity index (χ2n) is 8.25. The molecule has 2 heterocycles. The molecule has 152 valence electrons. The molecular weight excluding hydrogens is 354 g/mol. The number of hydrogen-bond donors (Lipinski definition) is 0. The largest absolute Gasteiger partial charge is 0.484 e. The lowest BCUT2D eigenvalue weighted by molar-refractivity contribution is -0.133. The highest BCUT2D eigenvalue weighted by Gasteiger charge is 2.33. The third-order valence-electron chi connectivity index (χ3n) is 5.98. The maximum Gasteiger partial charge on any atom is 0.260 e. The summed E-state index contributed by atoms with van der Waals surface area (Å²) >= 11 is 0. The fourth-order valence-corrected chi connectivity index (χ4v) is 4.09. The molecule has 1 aromatic rings. The Kier molecular flexibility index (Phi) is 6.15. The summed E-state index contributed by atoms with van der Waals surface area (Å²) < 4.78 is 5.66. The zero-order valence-corrected chi connectivity index (χ0v) is 16.6. The van der Waals surface area contributed by atoms with Gasteiger partial charge in [0.1, 0.15) is 5.75 Å². The van der Waals surface area contributed by atoms with Gasteiger partial charge >= 0.3 is 0 Å². The van der Waals surface area contributed by atoms with Gasteiger partial charge in [-0.2, -0.15) is 0 Å². The van der Waals surface area contributed by atoms with E-state index in [1.165, 1.54) is 5.56 Å². The van der Waals surface area contributed by atoms with E-state index >= 15 is 0 Å². The van der Waals surface area contributed by atoms with E-state index in [9.17, 15) is 9.59 Å². The minimum absolute atomic E-state index is 0.0800. The van der Waals surface area contributed by atoms with Crippen LogP contribution < -0.4 is 4.74 Å². The Labute approximate surface area is 167 Å². The van der Waals surface area contributed by atoms with Crippen molar-refractivity contribution in [3.05, 3.63) is 29.8 Å². The molecule has 0 unspecified atom stereocenters. The van der Waals surface area contributed by atoms with Crippen molar-refractivity contribution < 1.29 is 14.3 Å². The van der Waals surface area contributed by atoms with Gasteiger partial charge in [-0.1, -0.05) is 12.1 Å². The van der Waals surface area contributed by atoms with Gasteiger partial charge in [0.25, 0.3) is 5.91 Å². The summed E-state index contributed by atoms with van der Waals surface area (Å²) in [6, 6.07) is 8.06. The van der Waals surface area contributed by atoms with E-state index in [1.807, 2.05) is 17.0 Å². The molecule has 0 aromatic heterocycles. The van der Waals surface area contributed by atoms with Gasteiger partial charge in [-0.25, -0.2) is 0 Å². The standard InChI is InChI=1S/C22H31N3O3/c26-21(24-11-1-2-12-24)17-28-20-8-4-18(5-9-20)16-23-10-3-13-25(15-14-23)22(27)19-6-7-19/h4-5,8-9,19H,1-3,6-7,10-17H2.